The third-order valence-electron chi connectivity index (χ3n) is 4.21. The van der Waals surface area contributed by atoms with Crippen molar-refractivity contribution in [1.29, 1.82) is 0 Å². The van der Waals surface area contributed by atoms with Crippen LogP contribution in [0.15, 0.2) is 46.3 Å². The van der Waals surface area contributed by atoms with Gasteiger partial charge in [0.1, 0.15) is 0 Å². The molecule has 1 aromatic heterocycles. The highest BCUT2D eigenvalue weighted by Crippen LogP contribution is 2.29. The lowest BCUT2D eigenvalue weighted by Gasteiger charge is -2.38. The molecule has 1 fully saturated rings. The molecule has 3 rings (SSSR count). The zero-order valence-corrected chi connectivity index (χ0v) is 17.3. The van der Waals surface area contributed by atoms with E-state index in [4.69, 9.17) is 17.0 Å². The summed E-state index contributed by atoms with van der Waals surface area (Å²) in [5.41, 5.74) is 0.979. The van der Waals surface area contributed by atoms with Gasteiger partial charge in [0.15, 0.2) is 5.11 Å². The number of benzene rings is 1. The lowest BCUT2D eigenvalue weighted by atomic mass is 10.1. The molecule has 2 heterocycles. The highest BCUT2D eigenvalue weighted by Gasteiger charge is 2.28. The highest BCUT2D eigenvalue weighted by molar-refractivity contribution is 9.10. The van der Waals surface area contributed by atoms with E-state index < -0.39 is 0 Å². The summed E-state index contributed by atoms with van der Waals surface area (Å²) in [5, 5.41) is 9.50. The van der Waals surface area contributed by atoms with E-state index in [-0.39, 0.29) is 12.1 Å². The van der Waals surface area contributed by atoms with Crippen molar-refractivity contribution in [2.75, 3.05) is 31.6 Å². The average Bonchev–Trinajstić information content (AvgIpc) is 3.12. The van der Waals surface area contributed by atoms with Gasteiger partial charge in [0.2, 0.25) is 0 Å². The van der Waals surface area contributed by atoms with Crippen LogP contribution in [-0.2, 0) is 4.74 Å². The van der Waals surface area contributed by atoms with E-state index in [1.807, 2.05) is 24.3 Å². The zero-order chi connectivity index (χ0) is 17.6. The van der Waals surface area contributed by atoms with Crippen molar-refractivity contribution < 1.29 is 4.74 Å². The van der Waals surface area contributed by atoms with Crippen molar-refractivity contribution in [1.82, 2.24) is 10.2 Å². The molecule has 0 radical (unpaired) electrons. The zero-order valence-electron chi connectivity index (χ0n) is 14.1. The van der Waals surface area contributed by atoms with Crippen LogP contribution < -0.4 is 10.6 Å². The Morgan fingerprint density at radius 3 is 2.60 bits per heavy atom. The van der Waals surface area contributed by atoms with Crippen molar-refractivity contribution in [3.63, 3.8) is 0 Å². The highest BCUT2D eigenvalue weighted by atomic mass is 79.9. The number of nitrogens with one attached hydrogen (secondary N) is 2. The standard InChI is InChI=1S/C18H22BrN3OS2/c1-13(20-18(24)21-15-6-4-14(19)5-7-15)17(16-3-2-12-25-16)22-8-10-23-11-9-22/h2-7,12-13,17H,8-11H2,1H3,(H2,20,21,24). The van der Waals surface area contributed by atoms with Crippen molar-refractivity contribution in [3.8, 4) is 0 Å². The number of hydrogen-bond donors (Lipinski definition) is 2. The molecule has 2 N–H and O–H groups in total. The summed E-state index contributed by atoms with van der Waals surface area (Å²) < 4.78 is 6.57. The van der Waals surface area contributed by atoms with E-state index in [0.29, 0.717) is 5.11 Å². The van der Waals surface area contributed by atoms with E-state index in [1.54, 1.807) is 11.3 Å². The van der Waals surface area contributed by atoms with E-state index in [0.717, 1.165) is 36.5 Å². The molecule has 0 amide bonds. The van der Waals surface area contributed by atoms with Gasteiger partial charge in [-0.25, -0.2) is 0 Å². The lowest BCUT2D eigenvalue weighted by molar-refractivity contribution is 0.0110. The fraction of sp³-hybridized carbons (Fsp3) is 0.389. The maximum Gasteiger partial charge on any atom is 0.171 e. The minimum atomic E-state index is 0.187. The molecule has 7 heteroatoms. The number of anilines is 1. The van der Waals surface area contributed by atoms with Crippen molar-refractivity contribution in [2.24, 2.45) is 0 Å². The lowest BCUT2D eigenvalue weighted by Crippen LogP contribution is -2.49. The second-order valence-electron chi connectivity index (χ2n) is 6.00. The summed E-state index contributed by atoms with van der Waals surface area (Å²) in [6.07, 6.45) is 0. The first-order valence-electron chi connectivity index (χ1n) is 8.32. The van der Waals surface area contributed by atoms with E-state index in [1.165, 1.54) is 4.88 Å². The molecule has 0 spiro atoms. The van der Waals surface area contributed by atoms with Crippen LogP contribution in [0.5, 0.6) is 0 Å². The van der Waals surface area contributed by atoms with Crippen molar-refractivity contribution >= 4 is 50.3 Å². The second-order valence-corrected chi connectivity index (χ2v) is 8.31. The number of nitrogens with zero attached hydrogens (tertiary/aromatic N) is 1. The van der Waals surface area contributed by atoms with Crippen LogP contribution >= 0.6 is 39.5 Å². The number of thiocarbonyl (C=S) groups is 1. The normalized spacial score (nSPS) is 17.7. The Morgan fingerprint density at radius 2 is 1.96 bits per heavy atom. The summed E-state index contributed by atoms with van der Waals surface area (Å²) in [6, 6.07) is 12.8. The molecule has 0 bridgehead atoms. The second kappa shape index (κ2) is 9.09. The molecule has 2 aromatic rings. The Balaban J connectivity index is 1.66. The van der Waals surface area contributed by atoms with Gasteiger partial charge in [0.05, 0.1) is 19.3 Å². The fourth-order valence-corrected chi connectivity index (χ4v) is 4.58. The third-order valence-corrected chi connectivity index (χ3v) is 5.90. The van der Waals surface area contributed by atoms with Crippen LogP contribution in [-0.4, -0.2) is 42.4 Å². The van der Waals surface area contributed by atoms with Gasteiger partial charge in [-0.15, -0.1) is 11.3 Å². The maximum atomic E-state index is 5.52. The van der Waals surface area contributed by atoms with Gasteiger partial charge in [0, 0.05) is 34.2 Å². The fourth-order valence-electron chi connectivity index (χ4n) is 3.04. The van der Waals surface area contributed by atoms with Gasteiger partial charge in [-0.05, 0) is 54.9 Å². The first-order valence-corrected chi connectivity index (χ1v) is 10.4. The first kappa shape index (κ1) is 18.8. The molecule has 134 valence electrons. The SMILES string of the molecule is CC(NC(=S)Nc1ccc(Br)cc1)C(c1cccs1)N1CCOCC1. The number of thiophene rings is 1. The Labute approximate surface area is 166 Å². The Kier molecular flexibility index (Phi) is 6.84. The molecule has 1 aliphatic rings. The topological polar surface area (TPSA) is 36.5 Å². The Bertz CT molecular complexity index is 672. The van der Waals surface area contributed by atoms with E-state index in [9.17, 15) is 0 Å². The van der Waals surface area contributed by atoms with Crippen molar-refractivity contribution in [3.05, 3.63) is 51.1 Å². The van der Waals surface area contributed by atoms with Gasteiger partial charge in [-0.2, -0.15) is 0 Å². The number of ether oxygens (including phenoxy) is 1. The van der Waals surface area contributed by atoms with Crippen LogP contribution in [0, 0.1) is 0 Å². The van der Waals surface area contributed by atoms with E-state index >= 15 is 0 Å². The van der Waals surface area contributed by atoms with Gasteiger partial charge < -0.3 is 15.4 Å². The van der Waals surface area contributed by atoms with Crippen LogP contribution in [0.2, 0.25) is 0 Å². The summed E-state index contributed by atoms with van der Waals surface area (Å²) in [5.74, 6) is 0. The minimum absolute atomic E-state index is 0.187. The van der Waals surface area contributed by atoms with Crippen LogP contribution in [0.1, 0.15) is 17.8 Å². The molecular formula is C18H22BrN3OS2. The molecule has 2 atom stereocenters. The molecule has 25 heavy (non-hydrogen) atoms. The summed E-state index contributed by atoms with van der Waals surface area (Å²) in [4.78, 5) is 3.84. The monoisotopic (exact) mass is 439 g/mol. The molecule has 4 nitrogen and oxygen atoms in total. The maximum absolute atomic E-state index is 5.52. The molecule has 1 aromatic carbocycles. The van der Waals surface area contributed by atoms with Gasteiger partial charge >= 0.3 is 0 Å². The van der Waals surface area contributed by atoms with Crippen LogP contribution in [0.25, 0.3) is 0 Å². The predicted octanol–water partition coefficient (Wildman–Crippen LogP) is 4.26. The quantitative estimate of drug-likeness (QED) is 0.680. The first-order chi connectivity index (χ1) is 12.1. The summed E-state index contributed by atoms with van der Waals surface area (Å²) in [6.45, 7) is 5.66. The van der Waals surface area contributed by atoms with Gasteiger partial charge in [-0.1, -0.05) is 22.0 Å². The molecule has 1 aliphatic heterocycles. The molecule has 0 saturated carbocycles. The Morgan fingerprint density at radius 1 is 1.24 bits per heavy atom. The van der Waals surface area contributed by atoms with Crippen LogP contribution in [0.3, 0.4) is 0 Å². The largest absolute Gasteiger partial charge is 0.379 e. The number of morpholine rings is 1. The summed E-state index contributed by atoms with van der Waals surface area (Å²) >= 11 is 10.8. The van der Waals surface area contributed by atoms with Gasteiger partial charge in [-0.3, -0.25) is 4.90 Å². The predicted molar refractivity (Wildman–Crippen MR) is 112 cm³/mol. The smallest absolute Gasteiger partial charge is 0.171 e. The molecular weight excluding hydrogens is 418 g/mol. The summed E-state index contributed by atoms with van der Waals surface area (Å²) in [7, 11) is 0. The number of rotatable bonds is 5. The van der Waals surface area contributed by atoms with Gasteiger partial charge in [0.25, 0.3) is 0 Å². The van der Waals surface area contributed by atoms with Crippen molar-refractivity contribution in [2.45, 2.75) is 19.0 Å². The average molecular weight is 440 g/mol. The Hall–Kier alpha value is -0.990. The van der Waals surface area contributed by atoms with Crippen LogP contribution in [0.4, 0.5) is 5.69 Å². The number of hydrogen-bond acceptors (Lipinski definition) is 4. The number of halogens is 1. The van der Waals surface area contributed by atoms with E-state index in [2.05, 4.69) is 55.9 Å². The molecule has 0 aliphatic carbocycles. The third kappa shape index (κ3) is 5.24. The molecule has 1 saturated heterocycles. The molecule has 2 unspecified atom stereocenters. The minimum Gasteiger partial charge on any atom is -0.379 e.